The molecule has 0 radical (unpaired) electrons. The minimum Gasteiger partial charge on any atom is -0.496 e. The first kappa shape index (κ1) is 23.2. The van der Waals surface area contributed by atoms with Crippen molar-refractivity contribution in [1.29, 1.82) is 0 Å². The van der Waals surface area contributed by atoms with Gasteiger partial charge in [-0.15, -0.1) is 0 Å². The molecule has 9 heteroatoms. The summed E-state index contributed by atoms with van der Waals surface area (Å²) < 4.78 is 31.9. The van der Waals surface area contributed by atoms with Gasteiger partial charge in [0.15, 0.2) is 0 Å². The SMILES string of the molecule is COc1ccccc1C(=O)N1CCCN(C(=O)CCNC(=O)c2ccc(F)cc2F)CC1. The Morgan fingerprint density at radius 3 is 2.44 bits per heavy atom. The van der Waals surface area contributed by atoms with Gasteiger partial charge >= 0.3 is 0 Å². The molecule has 0 unspecified atom stereocenters. The molecule has 0 aliphatic carbocycles. The summed E-state index contributed by atoms with van der Waals surface area (Å²) in [7, 11) is 1.51. The van der Waals surface area contributed by atoms with Crippen LogP contribution in [0.3, 0.4) is 0 Å². The molecule has 0 bridgehead atoms. The highest BCUT2D eigenvalue weighted by atomic mass is 19.1. The predicted octanol–water partition coefficient (Wildman–Crippen LogP) is 2.47. The molecule has 3 amide bonds. The number of methoxy groups -OCH3 is 1. The lowest BCUT2D eigenvalue weighted by Crippen LogP contribution is -2.38. The van der Waals surface area contributed by atoms with Gasteiger partial charge in [-0.05, 0) is 30.7 Å². The molecule has 1 heterocycles. The van der Waals surface area contributed by atoms with Gasteiger partial charge in [-0.1, -0.05) is 12.1 Å². The quantitative estimate of drug-likeness (QED) is 0.741. The van der Waals surface area contributed by atoms with E-state index in [1.54, 1.807) is 34.1 Å². The summed E-state index contributed by atoms with van der Waals surface area (Å²) in [6, 6.07) is 9.70. The van der Waals surface area contributed by atoms with E-state index in [9.17, 15) is 23.2 Å². The first-order chi connectivity index (χ1) is 15.4. The van der Waals surface area contributed by atoms with Crippen LogP contribution >= 0.6 is 0 Å². The minimum atomic E-state index is -0.957. The molecule has 1 N–H and O–H groups in total. The van der Waals surface area contributed by atoms with Gasteiger partial charge in [0.05, 0.1) is 18.2 Å². The molecule has 1 aliphatic heterocycles. The van der Waals surface area contributed by atoms with E-state index in [-0.39, 0.29) is 30.3 Å². The van der Waals surface area contributed by atoms with Crippen LogP contribution in [0, 0.1) is 11.6 Å². The molecule has 7 nitrogen and oxygen atoms in total. The number of nitrogens with zero attached hydrogens (tertiary/aromatic N) is 2. The summed E-state index contributed by atoms with van der Waals surface area (Å²) in [5, 5.41) is 2.48. The molecule has 32 heavy (non-hydrogen) atoms. The van der Waals surface area contributed by atoms with Gasteiger partial charge in [0, 0.05) is 45.2 Å². The molecule has 0 atom stereocenters. The van der Waals surface area contributed by atoms with Crippen LogP contribution in [-0.4, -0.2) is 67.4 Å². The lowest BCUT2D eigenvalue weighted by atomic mass is 10.1. The van der Waals surface area contributed by atoms with Crippen LogP contribution in [0.5, 0.6) is 5.75 Å². The Morgan fingerprint density at radius 1 is 0.969 bits per heavy atom. The molecule has 0 spiro atoms. The molecule has 1 saturated heterocycles. The molecule has 3 rings (SSSR count). The van der Waals surface area contributed by atoms with Gasteiger partial charge in [0.25, 0.3) is 11.8 Å². The van der Waals surface area contributed by atoms with Crippen molar-refractivity contribution in [3.63, 3.8) is 0 Å². The van der Waals surface area contributed by atoms with Crippen molar-refractivity contribution >= 4 is 17.7 Å². The van der Waals surface area contributed by atoms with Crippen LogP contribution in [-0.2, 0) is 4.79 Å². The lowest BCUT2D eigenvalue weighted by molar-refractivity contribution is -0.130. The molecule has 170 valence electrons. The van der Waals surface area contributed by atoms with Gasteiger partial charge in [-0.25, -0.2) is 8.78 Å². The Labute approximate surface area is 184 Å². The summed E-state index contributed by atoms with van der Waals surface area (Å²) in [6.45, 7) is 1.79. The maximum atomic E-state index is 13.7. The largest absolute Gasteiger partial charge is 0.496 e. The molecule has 2 aromatic rings. The van der Waals surface area contributed by atoms with Crippen LogP contribution in [0.4, 0.5) is 8.78 Å². The van der Waals surface area contributed by atoms with E-state index in [4.69, 9.17) is 4.74 Å². The maximum absolute atomic E-state index is 13.7. The Bertz CT molecular complexity index is 999. The number of halogens is 2. The van der Waals surface area contributed by atoms with Crippen molar-refractivity contribution in [2.75, 3.05) is 39.8 Å². The molecule has 1 aliphatic rings. The van der Waals surface area contributed by atoms with Gasteiger partial charge < -0.3 is 19.9 Å². The fourth-order valence-electron chi connectivity index (χ4n) is 3.57. The Balaban J connectivity index is 1.50. The number of nitrogens with one attached hydrogen (secondary N) is 1. The van der Waals surface area contributed by atoms with Crippen molar-refractivity contribution < 1.29 is 27.9 Å². The highest BCUT2D eigenvalue weighted by Crippen LogP contribution is 2.20. The monoisotopic (exact) mass is 445 g/mol. The zero-order valence-electron chi connectivity index (χ0n) is 17.8. The van der Waals surface area contributed by atoms with Crippen LogP contribution in [0.15, 0.2) is 42.5 Å². The number of hydrogen-bond donors (Lipinski definition) is 1. The summed E-state index contributed by atoms with van der Waals surface area (Å²) in [4.78, 5) is 40.8. The molecular formula is C23H25F2N3O4. The number of para-hydroxylation sites is 1. The van der Waals surface area contributed by atoms with Crippen molar-refractivity contribution in [3.8, 4) is 5.75 Å². The third kappa shape index (κ3) is 5.60. The summed E-state index contributed by atoms with van der Waals surface area (Å²) in [5.41, 5.74) is 0.199. The smallest absolute Gasteiger partial charge is 0.257 e. The number of carbonyl (C=O) groups is 3. The van der Waals surface area contributed by atoms with Crippen molar-refractivity contribution in [2.45, 2.75) is 12.8 Å². The van der Waals surface area contributed by atoms with Gasteiger partial charge in [0.2, 0.25) is 5.91 Å². The number of rotatable bonds is 6. The van der Waals surface area contributed by atoms with Gasteiger partial charge in [0.1, 0.15) is 17.4 Å². The predicted molar refractivity (Wildman–Crippen MR) is 113 cm³/mol. The van der Waals surface area contributed by atoms with Crippen molar-refractivity contribution in [3.05, 3.63) is 65.2 Å². The van der Waals surface area contributed by atoms with Crippen LogP contribution in [0.2, 0.25) is 0 Å². The highest BCUT2D eigenvalue weighted by molar-refractivity contribution is 5.97. The molecule has 2 aromatic carbocycles. The fourth-order valence-corrected chi connectivity index (χ4v) is 3.57. The van der Waals surface area contributed by atoms with Crippen LogP contribution in [0.1, 0.15) is 33.6 Å². The average Bonchev–Trinajstić information content (AvgIpc) is 3.04. The number of hydrogen-bond acceptors (Lipinski definition) is 4. The Hall–Kier alpha value is -3.49. The van der Waals surface area contributed by atoms with Crippen LogP contribution < -0.4 is 10.1 Å². The second-order valence-electron chi connectivity index (χ2n) is 7.36. The number of benzene rings is 2. The van der Waals surface area contributed by atoms with Gasteiger partial charge in [-0.2, -0.15) is 0 Å². The minimum absolute atomic E-state index is 0.0227. The zero-order chi connectivity index (χ0) is 23.1. The third-order valence-electron chi connectivity index (χ3n) is 5.27. The maximum Gasteiger partial charge on any atom is 0.257 e. The number of ether oxygens (including phenoxy) is 1. The topological polar surface area (TPSA) is 79.0 Å². The van der Waals surface area contributed by atoms with Gasteiger partial charge in [-0.3, -0.25) is 14.4 Å². The zero-order valence-corrected chi connectivity index (χ0v) is 17.8. The second kappa shape index (κ2) is 10.7. The number of carbonyl (C=O) groups excluding carboxylic acids is 3. The standard InChI is InChI=1S/C23H25F2N3O4/c1-32-20-6-3-2-5-18(20)23(31)28-12-4-11-27(13-14-28)21(29)9-10-26-22(30)17-8-7-16(24)15-19(17)25/h2-3,5-8,15H,4,9-14H2,1H3,(H,26,30). The van der Waals surface area contributed by atoms with Crippen molar-refractivity contribution in [1.82, 2.24) is 15.1 Å². The molecule has 0 saturated carbocycles. The Kier molecular flexibility index (Phi) is 7.75. The van der Waals surface area contributed by atoms with E-state index in [1.807, 2.05) is 0 Å². The second-order valence-corrected chi connectivity index (χ2v) is 7.36. The third-order valence-corrected chi connectivity index (χ3v) is 5.27. The number of amides is 3. The van der Waals surface area contributed by atoms with E-state index in [0.29, 0.717) is 50.0 Å². The fraction of sp³-hybridized carbons (Fsp3) is 0.348. The first-order valence-corrected chi connectivity index (χ1v) is 10.3. The summed E-state index contributed by atoms with van der Waals surface area (Å²) >= 11 is 0. The van der Waals surface area contributed by atoms with E-state index >= 15 is 0 Å². The lowest BCUT2D eigenvalue weighted by Gasteiger charge is -2.23. The Morgan fingerprint density at radius 2 is 1.69 bits per heavy atom. The highest BCUT2D eigenvalue weighted by Gasteiger charge is 2.24. The summed E-state index contributed by atoms with van der Waals surface area (Å²) in [5.74, 6) is -2.25. The van der Waals surface area contributed by atoms with E-state index in [2.05, 4.69) is 5.32 Å². The molecule has 1 fully saturated rings. The van der Waals surface area contributed by atoms with E-state index in [1.165, 1.54) is 7.11 Å². The summed E-state index contributed by atoms with van der Waals surface area (Å²) in [6.07, 6.45) is 0.661. The van der Waals surface area contributed by atoms with E-state index < -0.39 is 17.5 Å². The molecule has 0 aromatic heterocycles. The first-order valence-electron chi connectivity index (χ1n) is 10.3. The van der Waals surface area contributed by atoms with Crippen LogP contribution in [0.25, 0.3) is 0 Å². The molecular weight excluding hydrogens is 420 g/mol. The van der Waals surface area contributed by atoms with E-state index in [0.717, 1.165) is 12.1 Å². The normalized spacial score (nSPS) is 14.0. The van der Waals surface area contributed by atoms with Crippen molar-refractivity contribution in [2.24, 2.45) is 0 Å². The average molecular weight is 445 g/mol.